The smallest absolute Gasteiger partial charge is 0.141 e. The van der Waals surface area contributed by atoms with Gasteiger partial charge in [0.05, 0.1) is 17.6 Å². The lowest BCUT2D eigenvalue weighted by Gasteiger charge is -2.22. The molecule has 0 saturated heterocycles. The molecule has 2 aromatic rings. The van der Waals surface area contributed by atoms with E-state index in [0.717, 1.165) is 22.1 Å². The number of hydrogen-bond acceptors (Lipinski definition) is 2. The summed E-state index contributed by atoms with van der Waals surface area (Å²) in [6.45, 7) is 2.83. The molecule has 2 nitrogen and oxygen atoms in total. The molecule has 0 aliphatic heterocycles. The van der Waals surface area contributed by atoms with Crippen molar-refractivity contribution in [2.75, 3.05) is 13.7 Å². The van der Waals surface area contributed by atoms with Gasteiger partial charge in [-0.05, 0) is 46.2 Å². The number of hydrogen-bond donors (Lipinski definition) is 1. The van der Waals surface area contributed by atoms with Gasteiger partial charge in [0, 0.05) is 16.1 Å². The third-order valence-electron chi connectivity index (χ3n) is 3.20. The number of methoxy groups -OCH3 is 1. The van der Waals surface area contributed by atoms with Gasteiger partial charge in [0.25, 0.3) is 0 Å². The fourth-order valence-corrected chi connectivity index (χ4v) is 2.84. The van der Waals surface area contributed by atoms with E-state index in [4.69, 9.17) is 4.74 Å². The largest absolute Gasteiger partial charge is 0.496 e. The van der Waals surface area contributed by atoms with E-state index in [-0.39, 0.29) is 11.9 Å². The Hall–Kier alpha value is -0.910. The minimum absolute atomic E-state index is 0.0602. The maximum Gasteiger partial charge on any atom is 0.141 e. The SMILES string of the molecule is CCNC(c1ccc(Br)cc1)c1cc(Br)c(F)cc1OC. The molecule has 0 radical (unpaired) electrons. The van der Waals surface area contributed by atoms with Gasteiger partial charge in [-0.3, -0.25) is 0 Å². The van der Waals surface area contributed by atoms with Gasteiger partial charge in [-0.1, -0.05) is 35.0 Å². The molecule has 2 rings (SSSR count). The number of rotatable bonds is 5. The van der Waals surface area contributed by atoms with E-state index in [0.29, 0.717) is 10.2 Å². The first-order valence-electron chi connectivity index (χ1n) is 6.58. The van der Waals surface area contributed by atoms with Gasteiger partial charge < -0.3 is 10.1 Å². The number of ether oxygens (including phenoxy) is 1. The van der Waals surface area contributed by atoms with Crippen LogP contribution in [0.4, 0.5) is 4.39 Å². The highest BCUT2D eigenvalue weighted by Crippen LogP contribution is 2.34. The van der Waals surface area contributed by atoms with Crippen LogP contribution in [0.15, 0.2) is 45.3 Å². The molecule has 0 spiro atoms. The summed E-state index contributed by atoms with van der Waals surface area (Å²) in [5.74, 6) is 0.200. The van der Waals surface area contributed by atoms with Gasteiger partial charge in [-0.2, -0.15) is 0 Å². The zero-order chi connectivity index (χ0) is 15.4. The van der Waals surface area contributed by atoms with Crippen LogP contribution in [-0.4, -0.2) is 13.7 Å². The van der Waals surface area contributed by atoms with Crippen molar-refractivity contribution in [3.63, 3.8) is 0 Å². The van der Waals surface area contributed by atoms with E-state index in [2.05, 4.69) is 37.2 Å². The molecule has 0 saturated carbocycles. The first kappa shape index (κ1) is 16.5. The summed E-state index contributed by atoms with van der Waals surface area (Å²) in [6.07, 6.45) is 0. The Balaban J connectivity index is 2.51. The number of halogens is 3. The molecule has 0 aliphatic rings. The highest BCUT2D eigenvalue weighted by atomic mass is 79.9. The predicted octanol–water partition coefficient (Wildman–Crippen LogP) is 5.06. The van der Waals surface area contributed by atoms with E-state index in [9.17, 15) is 4.39 Å². The molecule has 21 heavy (non-hydrogen) atoms. The predicted molar refractivity (Wildman–Crippen MR) is 90.3 cm³/mol. The van der Waals surface area contributed by atoms with E-state index in [1.165, 1.54) is 6.07 Å². The highest BCUT2D eigenvalue weighted by Gasteiger charge is 2.19. The Morgan fingerprint density at radius 2 is 1.86 bits per heavy atom. The van der Waals surface area contributed by atoms with Crippen LogP contribution in [0.1, 0.15) is 24.1 Å². The lowest BCUT2D eigenvalue weighted by molar-refractivity contribution is 0.400. The van der Waals surface area contributed by atoms with Crippen LogP contribution in [0.3, 0.4) is 0 Å². The van der Waals surface area contributed by atoms with Crippen molar-refractivity contribution < 1.29 is 9.13 Å². The van der Waals surface area contributed by atoms with Gasteiger partial charge >= 0.3 is 0 Å². The van der Waals surface area contributed by atoms with Crippen LogP contribution in [-0.2, 0) is 0 Å². The van der Waals surface area contributed by atoms with Crippen molar-refractivity contribution in [1.82, 2.24) is 5.32 Å². The summed E-state index contributed by atoms with van der Waals surface area (Å²) in [4.78, 5) is 0. The van der Waals surface area contributed by atoms with E-state index >= 15 is 0 Å². The van der Waals surface area contributed by atoms with Crippen molar-refractivity contribution in [3.8, 4) is 5.75 Å². The number of nitrogens with one attached hydrogen (secondary N) is 1. The molecule has 0 fully saturated rings. The standard InChI is InChI=1S/C16H16Br2FNO/c1-3-20-16(10-4-6-11(17)7-5-10)12-8-13(18)14(19)9-15(12)21-2/h4-9,16,20H,3H2,1-2H3. The molecule has 0 aliphatic carbocycles. The van der Waals surface area contributed by atoms with E-state index in [1.54, 1.807) is 13.2 Å². The molecule has 5 heteroatoms. The average molecular weight is 417 g/mol. The topological polar surface area (TPSA) is 21.3 Å². The zero-order valence-electron chi connectivity index (χ0n) is 11.8. The van der Waals surface area contributed by atoms with Crippen LogP contribution >= 0.6 is 31.9 Å². The fourth-order valence-electron chi connectivity index (χ4n) is 2.21. The fraction of sp³-hybridized carbons (Fsp3) is 0.250. The maximum atomic E-state index is 13.7. The third-order valence-corrected chi connectivity index (χ3v) is 4.33. The molecule has 0 amide bonds. The highest BCUT2D eigenvalue weighted by molar-refractivity contribution is 9.10. The molecule has 0 heterocycles. The second-order valence-electron chi connectivity index (χ2n) is 4.55. The Labute approximate surface area is 141 Å². The van der Waals surface area contributed by atoms with Crippen molar-refractivity contribution in [2.45, 2.75) is 13.0 Å². The molecule has 2 aromatic carbocycles. The van der Waals surface area contributed by atoms with Crippen molar-refractivity contribution >= 4 is 31.9 Å². The minimum Gasteiger partial charge on any atom is -0.496 e. The molecule has 0 aromatic heterocycles. The van der Waals surface area contributed by atoms with Crippen LogP contribution < -0.4 is 10.1 Å². The van der Waals surface area contributed by atoms with Crippen LogP contribution in [0.2, 0.25) is 0 Å². The van der Waals surface area contributed by atoms with Crippen LogP contribution in [0.25, 0.3) is 0 Å². The molecule has 0 bridgehead atoms. The van der Waals surface area contributed by atoms with Gasteiger partial charge in [0.1, 0.15) is 11.6 Å². The molecule has 1 unspecified atom stereocenters. The van der Waals surface area contributed by atoms with Crippen LogP contribution in [0.5, 0.6) is 5.75 Å². The summed E-state index contributed by atoms with van der Waals surface area (Å²) in [6, 6.07) is 11.2. The Morgan fingerprint density at radius 3 is 2.43 bits per heavy atom. The summed E-state index contributed by atoms with van der Waals surface area (Å²) < 4.78 is 20.5. The van der Waals surface area contributed by atoms with E-state index < -0.39 is 0 Å². The van der Waals surface area contributed by atoms with Crippen molar-refractivity contribution in [2.24, 2.45) is 0 Å². The summed E-state index contributed by atoms with van der Waals surface area (Å²) in [7, 11) is 1.55. The average Bonchev–Trinajstić information content (AvgIpc) is 2.48. The van der Waals surface area contributed by atoms with Gasteiger partial charge in [-0.25, -0.2) is 4.39 Å². The molecule has 112 valence electrons. The first-order valence-corrected chi connectivity index (χ1v) is 8.17. The first-order chi connectivity index (χ1) is 10.1. The molecule has 1 N–H and O–H groups in total. The Kier molecular flexibility index (Phi) is 5.79. The van der Waals surface area contributed by atoms with Gasteiger partial charge in [0.2, 0.25) is 0 Å². The van der Waals surface area contributed by atoms with Gasteiger partial charge in [-0.15, -0.1) is 0 Å². The minimum atomic E-state index is -0.332. The summed E-state index contributed by atoms with van der Waals surface area (Å²) in [5, 5.41) is 3.42. The Morgan fingerprint density at radius 1 is 1.19 bits per heavy atom. The van der Waals surface area contributed by atoms with Crippen LogP contribution in [0, 0.1) is 5.82 Å². The van der Waals surface area contributed by atoms with E-state index in [1.807, 2.05) is 31.2 Å². The third kappa shape index (κ3) is 3.84. The number of benzene rings is 2. The normalized spacial score (nSPS) is 12.2. The van der Waals surface area contributed by atoms with Crippen molar-refractivity contribution in [3.05, 3.63) is 62.3 Å². The quantitative estimate of drug-likeness (QED) is 0.735. The monoisotopic (exact) mass is 415 g/mol. The molecular weight excluding hydrogens is 401 g/mol. The second-order valence-corrected chi connectivity index (χ2v) is 6.32. The lowest BCUT2D eigenvalue weighted by atomic mass is 9.97. The summed E-state index contributed by atoms with van der Waals surface area (Å²) in [5.41, 5.74) is 1.99. The molecule has 1 atom stereocenters. The summed E-state index contributed by atoms with van der Waals surface area (Å²) >= 11 is 6.68. The molecular formula is C16H16Br2FNO. The zero-order valence-corrected chi connectivity index (χ0v) is 15.0. The lowest BCUT2D eigenvalue weighted by Crippen LogP contribution is -2.22. The maximum absolute atomic E-state index is 13.7. The Bertz CT molecular complexity index is 616. The van der Waals surface area contributed by atoms with Gasteiger partial charge in [0.15, 0.2) is 0 Å². The van der Waals surface area contributed by atoms with Crippen molar-refractivity contribution in [1.29, 1.82) is 0 Å². The second kappa shape index (κ2) is 7.38.